The molecule has 2 aliphatic rings. The largest absolute Gasteiger partial charge is 0.390 e. The van der Waals surface area contributed by atoms with Crippen LogP contribution in [0.2, 0.25) is 0 Å². The number of sulfonamides is 2. The van der Waals surface area contributed by atoms with Gasteiger partial charge in [0.25, 0.3) is 0 Å². The summed E-state index contributed by atoms with van der Waals surface area (Å²) in [6.07, 6.45) is 7.52. The van der Waals surface area contributed by atoms with Gasteiger partial charge in [0.1, 0.15) is 0 Å². The van der Waals surface area contributed by atoms with Gasteiger partial charge >= 0.3 is 0 Å². The summed E-state index contributed by atoms with van der Waals surface area (Å²) in [4.78, 5) is 32.2. The highest BCUT2D eigenvalue weighted by molar-refractivity contribution is 7.89. The number of rotatable bonds is 20. The standard InChI is InChI=1S/C33H65N5O7S2/c1-8-16-37(17-9-2)33(41)28-20-27(21-29(22-28)47(44,45)36(6)7)32(40)34-30(19-26-14-12-11-13-15-26)31(39)23-38(18-10-3)35-46(42,43)24-25(4)5/h25-31,35,39H,8-24H2,1-7H3,(H,34,40). The van der Waals surface area contributed by atoms with E-state index in [1.54, 1.807) is 4.90 Å². The van der Waals surface area contributed by atoms with Crippen molar-refractivity contribution in [1.29, 1.82) is 0 Å². The first-order valence-corrected chi connectivity index (χ1v) is 21.1. The van der Waals surface area contributed by atoms with Gasteiger partial charge in [0.15, 0.2) is 0 Å². The average molecular weight is 708 g/mol. The Labute approximate surface area is 285 Å². The predicted octanol–water partition coefficient (Wildman–Crippen LogP) is 3.33. The monoisotopic (exact) mass is 707 g/mol. The molecule has 2 fully saturated rings. The number of carbonyl (C=O) groups is 2. The third-order valence-electron chi connectivity index (χ3n) is 9.44. The molecule has 3 N–H and O–H groups in total. The van der Waals surface area contributed by atoms with Crippen LogP contribution in [-0.2, 0) is 29.6 Å². The van der Waals surface area contributed by atoms with Crippen molar-refractivity contribution in [3.05, 3.63) is 0 Å². The highest BCUT2D eigenvalue weighted by Gasteiger charge is 2.44. The number of hydrogen-bond acceptors (Lipinski definition) is 8. The van der Waals surface area contributed by atoms with Gasteiger partial charge in [-0.25, -0.2) is 26.1 Å². The van der Waals surface area contributed by atoms with Gasteiger partial charge in [-0.1, -0.05) is 66.7 Å². The topological polar surface area (TPSA) is 156 Å². The Balaban J connectivity index is 2.35. The van der Waals surface area contributed by atoms with E-state index in [2.05, 4.69) is 10.1 Å². The zero-order valence-electron chi connectivity index (χ0n) is 30.1. The van der Waals surface area contributed by atoms with Crippen LogP contribution in [0.1, 0.15) is 112 Å². The normalized spacial score (nSPS) is 22.8. The number of hydrogen-bond donors (Lipinski definition) is 3. The molecule has 0 aliphatic heterocycles. The van der Waals surface area contributed by atoms with E-state index in [0.717, 1.165) is 44.9 Å². The van der Waals surface area contributed by atoms with Crippen molar-refractivity contribution in [2.24, 2.45) is 23.7 Å². The fraction of sp³-hybridized carbons (Fsp3) is 0.939. The minimum absolute atomic E-state index is 0.00472. The number of hydrazine groups is 1. The summed E-state index contributed by atoms with van der Waals surface area (Å²) >= 11 is 0. The molecular formula is C33H65N5O7S2. The molecule has 0 heterocycles. The Bertz CT molecular complexity index is 1170. The fourth-order valence-corrected chi connectivity index (χ4v) is 10.3. The molecule has 276 valence electrons. The van der Waals surface area contributed by atoms with Crippen LogP contribution in [0.4, 0.5) is 0 Å². The summed E-state index contributed by atoms with van der Waals surface area (Å²) < 4.78 is 53.4. The van der Waals surface area contributed by atoms with Crippen LogP contribution in [0, 0.1) is 23.7 Å². The lowest BCUT2D eigenvalue weighted by molar-refractivity contribution is -0.138. The lowest BCUT2D eigenvalue weighted by Gasteiger charge is -2.38. The third kappa shape index (κ3) is 13.5. The second-order valence-electron chi connectivity index (χ2n) is 14.5. The molecule has 0 radical (unpaired) electrons. The summed E-state index contributed by atoms with van der Waals surface area (Å²) in [5.74, 6) is -1.59. The van der Waals surface area contributed by atoms with Crippen molar-refractivity contribution in [2.45, 2.75) is 129 Å². The van der Waals surface area contributed by atoms with Crippen molar-refractivity contribution < 1.29 is 31.5 Å². The van der Waals surface area contributed by atoms with E-state index in [4.69, 9.17) is 0 Å². The number of aliphatic hydroxyl groups is 1. The molecule has 0 saturated heterocycles. The van der Waals surface area contributed by atoms with Crippen LogP contribution in [-0.4, -0.2) is 111 Å². The molecule has 0 spiro atoms. The van der Waals surface area contributed by atoms with Crippen LogP contribution in [0.3, 0.4) is 0 Å². The molecule has 0 bridgehead atoms. The zero-order valence-corrected chi connectivity index (χ0v) is 31.8. The van der Waals surface area contributed by atoms with Crippen molar-refractivity contribution in [3.63, 3.8) is 0 Å². The summed E-state index contributed by atoms with van der Waals surface area (Å²) in [5.41, 5.74) is 0. The van der Waals surface area contributed by atoms with E-state index >= 15 is 0 Å². The predicted molar refractivity (Wildman–Crippen MR) is 187 cm³/mol. The smallest absolute Gasteiger partial charge is 0.225 e. The second-order valence-corrected chi connectivity index (χ2v) is 18.7. The maximum absolute atomic E-state index is 14.1. The van der Waals surface area contributed by atoms with Gasteiger partial charge in [-0.2, -0.15) is 0 Å². The SMILES string of the molecule is CCCN(CC(O)C(CC1CCCCC1)NC(=O)C1CC(C(=O)N(CCC)CCC)CC(S(=O)(=O)N(C)C)C1)NS(=O)(=O)CC(C)C. The van der Waals surface area contributed by atoms with Crippen LogP contribution in [0.5, 0.6) is 0 Å². The molecule has 5 atom stereocenters. The number of nitrogens with zero attached hydrogens (tertiary/aromatic N) is 3. The number of nitrogens with one attached hydrogen (secondary N) is 2. The molecule has 2 amide bonds. The van der Waals surface area contributed by atoms with Gasteiger partial charge in [-0.3, -0.25) is 9.59 Å². The summed E-state index contributed by atoms with van der Waals surface area (Å²) in [6, 6.07) is -0.656. The molecule has 47 heavy (non-hydrogen) atoms. The zero-order chi connectivity index (χ0) is 35.4. The van der Waals surface area contributed by atoms with Gasteiger partial charge in [0.2, 0.25) is 31.9 Å². The number of amides is 2. The van der Waals surface area contributed by atoms with Gasteiger partial charge in [-0.15, -0.1) is 4.83 Å². The Kier molecular flexibility index (Phi) is 17.6. The first-order valence-electron chi connectivity index (χ1n) is 18.0. The minimum Gasteiger partial charge on any atom is -0.390 e. The Morgan fingerprint density at radius 3 is 1.96 bits per heavy atom. The molecule has 2 aliphatic carbocycles. The van der Waals surface area contributed by atoms with Crippen molar-refractivity contribution >= 4 is 31.9 Å². The van der Waals surface area contributed by atoms with E-state index in [-0.39, 0.29) is 49.3 Å². The van der Waals surface area contributed by atoms with E-state index in [9.17, 15) is 31.5 Å². The first kappa shape index (κ1) is 41.8. The number of aliphatic hydroxyl groups excluding tert-OH is 1. The Hall–Kier alpha value is -1.32. The van der Waals surface area contributed by atoms with Crippen molar-refractivity contribution in [2.75, 3.05) is 46.0 Å². The van der Waals surface area contributed by atoms with Crippen LogP contribution in [0.15, 0.2) is 0 Å². The minimum atomic E-state index is -3.74. The highest BCUT2D eigenvalue weighted by Crippen LogP contribution is 2.36. The van der Waals surface area contributed by atoms with Crippen LogP contribution >= 0.6 is 0 Å². The average Bonchev–Trinajstić information content (AvgIpc) is 2.99. The fourth-order valence-electron chi connectivity index (χ4n) is 7.22. The molecule has 12 nitrogen and oxygen atoms in total. The van der Waals surface area contributed by atoms with Crippen LogP contribution in [0.25, 0.3) is 0 Å². The summed E-state index contributed by atoms with van der Waals surface area (Å²) in [5, 5.41) is 15.3. The molecule has 0 aromatic rings. The molecule has 0 aromatic heterocycles. The lowest BCUT2D eigenvalue weighted by atomic mass is 9.79. The van der Waals surface area contributed by atoms with Crippen molar-refractivity contribution in [3.8, 4) is 0 Å². The molecule has 2 rings (SSSR count). The highest BCUT2D eigenvalue weighted by atomic mass is 32.2. The molecule has 2 saturated carbocycles. The van der Waals surface area contributed by atoms with Gasteiger partial charge in [0, 0.05) is 52.1 Å². The summed E-state index contributed by atoms with van der Waals surface area (Å²) in [7, 11) is -4.40. The van der Waals surface area contributed by atoms with Crippen molar-refractivity contribution in [1.82, 2.24) is 24.4 Å². The van der Waals surface area contributed by atoms with E-state index in [1.165, 1.54) is 23.4 Å². The number of carbonyl (C=O) groups excluding carboxylic acids is 2. The van der Waals surface area contributed by atoms with Gasteiger partial charge in [0.05, 0.1) is 23.1 Å². The Morgan fingerprint density at radius 2 is 1.43 bits per heavy atom. The molecular weight excluding hydrogens is 643 g/mol. The molecule has 0 aromatic carbocycles. The maximum atomic E-state index is 14.1. The third-order valence-corrected chi connectivity index (χ3v) is 13.3. The lowest BCUT2D eigenvalue weighted by Crippen LogP contribution is -2.55. The Morgan fingerprint density at radius 1 is 0.851 bits per heavy atom. The van der Waals surface area contributed by atoms with E-state index < -0.39 is 49.3 Å². The maximum Gasteiger partial charge on any atom is 0.225 e. The quantitative estimate of drug-likeness (QED) is 0.163. The van der Waals surface area contributed by atoms with Gasteiger partial charge in [-0.05, 0) is 56.8 Å². The molecule has 14 heteroatoms. The second kappa shape index (κ2) is 19.8. The van der Waals surface area contributed by atoms with Crippen LogP contribution < -0.4 is 10.1 Å². The molecule has 5 unspecified atom stereocenters. The first-order chi connectivity index (χ1) is 22.0. The van der Waals surface area contributed by atoms with E-state index in [0.29, 0.717) is 38.4 Å². The van der Waals surface area contributed by atoms with E-state index in [1.807, 2.05) is 34.6 Å². The van der Waals surface area contributed by atoms with Gasteiger partial charge < -0.3 is 15.3 Å². The summed E-state index contributed by atoms with van der Waals surface area (Å²) in [6.45, 7) is 11.1.